The van der Waals surface area contributed by atoms with Gasteiger partial charge in [-0.1, -0.05) is 42.6 Å². The van der Waals surface area contributed by atoms with Crippen LogP contribution in [0, 0.1) is 5.92 Å². The number of nitrogens with one attached hydrogen (secondary N) is 1. The van der Waals surface area contributed by atoms with Crippen molar-refractivity contribution in [3.8, 4) is 0 Å². The van der Waals surface area contributed by atoms with Crippen molar-refractivity contribution in [2.75, 3.05) is 14.1 Å². The zero-order valence-electron chi connectivity index (χ0n) is 15.8. The van der Waals surface area contributed by atoms with Crippen molar-refractivity contribution >= 4 is 29.9 Å². The van der Waals surface area contributed by atoms with Crippen molar-refractivity contribution in [3.05, 3.63) is 64.9 Å². The highest BCUT2D eigenvalue weighted by Gasteiger charge is 2.35. The summed E-state index contributed by atoms with van der Waals surface area (Å²) in [6.07, 6.45) is 8.14. The summed E-state index contributed by atoms with van der Waals surface area (Å²) in [6, 6.07) is 11.7. The van der Waals surface area contributed by atoms with E-state index < -0.39 is 0 Å². The van der Waals surface area contributed by atoms with Gasteiger partial charge in [0.15, 0.2) is 0 Å². The third-order valence-corrected chi connectivity index (χ3v) is 5.57. The smallest absolute Gasteiger partial charge is 0.253 e. The summed E-state index contributed by atoms with van der Waals surface area (Å²) in [5, 5.41) is 3.75. The van der Waals surface area contributed by atoms with E-state index in [0.29, 0.717) is 16.5 Å². The highest BCUT2D eigenvalue weighted by molar-refractivity contribution is 6.33. The first-order valence-electron chi connectivity index (χ1n) is 9.19. The van der Waals surface area contributed by atoms with Crippen LogP contribution < -0.4 is 5.32 Å². The Morgan fingerprint density at radius 1 is 1.19 bits per heavy atom. The van der Waals surface area contributed by atoms with Gasteiger partial charge in [-0.05, 0) is 56.6 Å². The largest absolute Gasteiger partial charge is 0.349 e. The highest BCUT2D eigenvalue weighted by Crippen LogP contribution is 2.37. The molecule has 3 atom stereocenters. The van der Waals surface area contributed by atoms with Crippen molar-refractivity contribution in [1.82, 2.24) is 15.2 Å². The minimum absolute atomic E-state index is 0. The van der Waals surface area contributed by atoms with Crippen LogP contribution in [-0.2, 0) is 0 Å². The molecule has 1 aromatic carbocycles. The molecule has 1 aliphatic rings. The molecule has 0 bridgehead atoms. The number of carbonyl (C=O) groups excluding carboxylic acids is 1. The standard InChI is InChI=1S/C21H26ClN3O.ClH/c1-25(2)20(15-8-7-13-23-14-15)17-10-4-6-12-19(17)24-21(26)16-9-3-5-11-18(16)22;/h3,5,7-9,11,13-14,17,19-20H,4,6,10,12H2,1-2H3,(H,24,26);1H. The minimum Gasteiger partial charge on any atom is -0.349 e. The first-order chi connectivity index (χ1) is 12.6. The molecule has 1 aromatic heterocycles. The summed E-state index contributed by atoms with van der Waals surface area (Å²) in [5.41, 5.74) is 1.74. The van der Waals surface area contributed by atoms with Gasteiger partial charge in [0.25, 0.3) is 5.91 Å². The average molecular weight is 408 g/mol. The third kappa shape index (κ3) is 5.22. The molecule has 2 aromatic rings. The first-order valence-corrected chi connectivity index (χ1v) is 9.57. The molecule has 0 aliphatic heterocycles. The second-order valence-corrected chi connectivity index (χ2v) is 7.61. The van der Waals surface area contributed by atoms with Gasteiger partial charge in [-0.25, -0.2) is 0 Å². The Morgan fingerprint density at radius 2 is 1.93 bits per heavy atom. The second kappa shape index (κ2) is 10.1. The number of hydrogen-bond donors (Lipinski definition) is 1. The predicted octanol–water partition coefficient (Wildman–Crippen LogP) is 4.75. The van der Waals surface area contributed by atoms with E-state index in [9.17, 15) is 4.79 Å². The van der Waals surface area contributed by atoms with E-state index in [-0.39, 0.29) is 30.4 Å². The van der Waals surface area contributed by atoms with Crippen molar-refractivity contribution in [2.24, 2.45) is 5.92 Å². The number of nitrogens with zero attached hydrogens (tertiary/aromatic N) is 2. The molecule has 4 nitrogen and oxygen atoms in total. The quantitative estimate of drug-likeness (QED) is 0.777. The van der Waals surface area contributed by atoms with Crippen molar-refractivity contribution < 1.29 is 4.79 Å². The Kier molecular flexibility index (Phi) is 8.08. The molecule has 6 heteroatoms. The Balaban J connectivity index is 0.00000261. The lowest BCUT2D eigenvalue weighted by atomic mass is 9.77. The predicted molar refractivity (Wildman–Crippen MR) is 113 cm³/mol. The van der Waals surface area contributed by atoms with E-state index in [2.05, 4.69) is 35.4 Å². The number of pyridine rings is 1. The molecule has 0 saturated heterocycles. The van der Waals surface area contributed by atoms with Gasteiger partial charge < -0.3 is 10.2 Å². The number of halogens is 2. The number of hydrogen-bond acceptors (Lipinski definition) is 3. The van der Waals surface area contributed by atoms with Gasteiger partial charge in [-0.15, -0.1) is 12.4 Å². The van der Waals surface area contributed by atoms with Gasteiger partial charge in [0.2, 0.25) is 0 Å². The Morgan fingerprint density at radius 3 is 2.59 bits per heavy atom. The van der Waals surface area contributed by atoms with Crippen LogP contribution in [0.1, 0.15) is 47.6 Å². The van der Waals surface area contributed by atoms with Gasteiger partial charge >= 0.3 is 0 Å². The van der Waals surface area contributed by atoms with E-state index in [1.54, 1.807) is 18.3 Å². The van der Waals surface area contributed by atoms with Crippen molar-refractivity contribution in [3.63, 3.8) is 0 Å². The van der Waals surface area contributed by atoms with Crippen LogP contribution in [0.5, 0.6) is 0 Å². The molecule has 1 saturated carbocycles. The number of aromatic nitrogens is 1. The molecule has 1 amide bonds. The van der Waals surface area contributed by atoms with E-state index in [1.807, 2.05) is 24.4 Å². The van der Waals surface area contributed by atoms with Crippen molar-refractivity contribution in [2.45, 2.75) is 37.8 Å². The van der Waals surface area contributed by atoms with Crippen LogP contribution in [-0.4, -0.2) is 35.9 Å². The Bertz CT molecular complexity index is 739. The molecule has 1 fully saturated rings. The summed E-state index contributed by atoms with van der Waals surface area (Å²) in [5.74, 6) is 0.255. The summed E-state index contributed by atoms with van der Waals surface area (Å²) >= 11 is 6.20. The van der Waals surface area contributed by atoms with E-state index >= 15 is 0 Å². The lowest BCUT2D eigenvalue weighted by Crippen LogP contribution is -2.46. The molecule has 1 N–H and O–H groups in total. The molecule has 146 valence electrons. The maximum atomic E-state index is 12.8. The van der Waals surface area contributed by atoms with E-state index in [4.69, 9.17) is 11.6 Å². The van der Waals surface area contributed by atoms with Gasteiger partial charge in [-0.2, -0.15) is 0 Å². The van der Waals surface area contributed by atoms with Crippen LogP contribution in [0.15, 0.2) is 48.8 Å². The zero-order valence-corrected chi connectivity index (χ0v) is 17.3. The number of rotatable bonds is 5. The van der Waals surface area contributed by atoms with Crippen LogP contribution in [0.3, 0.4) is 0 Å². The van der Waals surface area contributed by atoms with Crippen LogP contribution in [0.25, 0.3) is 0 Å². The molecule has 3 unspecified atom stereocenters. The highest BCUT2D eigenvalue weighted by atomic mass is 35.5. The molecule has 3 rings (SSSR count). The lowest BCUT2D eigenvalue weighted by Gasteiger charge is -2.40. The summed E-state index contributed by atoms with van der Waals surface area (Å²) in [4.78, 5) is 19.3. The molecular formula is C21H27Cl2N3O. The third-order valence-electron chi connectivity index (χ3n) is 5.24. The fraction of sp³-hybridized carbons (Fsp3) is 0.429. The number of amides is 1. The van der Waals surface area contributed by atoms with Crippen LogP contribution in [0.2, 0.25) is 5.02 Å². The normalized spacial score (nSPS) is 20.6. The maximum absolute atomic E-state index is 12.8. The average Bonchev–Trinajstić information content (AvgIpc) is 2.64. The monoisotopic (exact) mass is 407 g/mol. The molecule has 1 aliphatic carbocycles. The summed E-state index contributed by atoms with van der Waals surface area (Å²) < 4.78 is 0. The van der Waals surface area contributed by atoms with Gasteiger partial charge in [0, 0.05) is 24.5 Å². The molecular weight excluding hydrogens is 381 g/mol. The topological polar surface area (TPSA) is 45.2 Å². The molecule has 27 heavy (non-hydrogen) atoms. The first kappa shape index (κ1) is 21.7. The number of benzene rings is 1. The van der Waals surface area contributed by atoms with Gasteiger partial charge in [0.1, 0.15) is 0 Å². The molecule has 0 radical (unpaired) electrons. The fourth-order valence-electron chi connectivity index (χ4n) is 4.09. The zero-order chi connectivity index (χ0) is 18.5. The SMILES string of the molecule is CN(C)C(c1cccnc1)C1CCCCC1NC(=O)c1ccccc1Cl.Cl. The summed E-state index contributed by atoms with van der Waals surface area (Å²) in [6.45, 7) is 0. The minimum atomic E-state index is -0.0869. The molecule has 0 spiro atoms. The second-order valence-electron chi connectivity index (χ2n) is 7.20. The summed E-state index contributed by atoms with van der Waals surface area (Å²) in [7, 11) is 4.19. The maximum Gasteiger partial charge on any atom is 0.253 e. The molecule has 1 heterocycles. The van der Waals surface area contributed by atoms with Gasteiger partial charge in [-0.3, -0.25) is 9.78 Å². The van der Waals surface area contributed by atoms with Crippen LogP contribution >= 0.6 is 24.0 Å². The Labute approximate surface area is 172 Å². The van der Waals surface area contributed by atoms with E-state index in [0.717, 1.165) is 19.3 Å². The van der Waals surface area contributed by atoms with Gasteiger partial charge in [0.05, 0.1) is 10.6 Å². The fourth-order valence-corrected chi connectivity index (χ4v) is 4.31. The van der Waals surface area contributed by atoms with E-state index in [1.165, 1.54) is 12.0 Å². The number of carbonyl (C=O) groups is 1. The van der Waals surface area contributed by atoms with Crippen molar-refractivity contribution in [1.29, 1.82) is 0 Å². The Hall–Kier alpha value is -1.62. The van der Waals surface area contributed by atoms with Crippen LogP contribution in [0.4, 0.5) is 0 Å². The lowest BCUT2D eigenvalue weighted by molar-refractivity contribution is 0.0845.